The third-order valence-electron chi connectivity index (χ3n) is 5.99. The molecule has 2 aromatic carbocycles. The van der Waals surface area contributed by atoms with E-state index in [2.05, 4.69) is 5.32 Å². The van der Waals surface area contributed by atoms with Crippen LogP contribution in [0.2, 0.25) is 0 Å². The van der Waals surface area contributed by atoms with Gasteiger partial charge in [-0.1, -0.05) is 18.2 Å². The number of ketones is 1. The number of nitrogens with one attached hydrogen (secondary N) is 1. The number of carbonyl (C=O) groups excluding carboxylic acids is 2. The molecule has 0 saturated carbocycles. The summed E-state index contributed by atoms with van der Waals surface area (Å²) in [5.41, 5.74) is 3.95. The van der Waals surface area contributed by atoms with Gasteiger partial charge in [-0.25, -0.2) is 9.18 Å². The van der Waals surface area contributed by atoms with Crippen molar-refractivity contribution in [3.63, 3.8) is 0 Å². The molecule has 0 radical (unpaired) electrons. The first-order chi connectivity index (χ1) is 15.9. The van der Waals surface area contributed by atoms with Crippen LogP contribution in [0.4, 0.5) is 4.39 Å². The Morgan fingerprint density at radius 1 is 1.12 bits per heavy atom. The van der Waals surface area contributed by atoms with Gasteiger partial charge in [0, 0.05) is 29.3 Å². The molecule has 1 atom stereocenters. The second-order valence-corrected chi connectivity index (χ2v) is 8.09. The average molecular weight is 451 g/mol. The lowest BCUT2D eigenvalue weighted by atomic mass is 9.75. The minimum atomic E-state index is -0.562. The Balaban J connectivity index is 1.72. The van der Waals surface area contributed by atoms with Crippen molar-refractivity contribution in [1.82, 2.24) is 5.32 Å². The van der Waals surface area contributed by atoms with Gasteiger partial charge in [-0.15, -0.1) is 0 Å². The molecule has 1 N–H and O–H groups in total. The Morgan fingerprint density at radius 2 is 1.94 bits per heavy atom. The van der Waals surface area contributed by atoms with Crippen molar-refractivity contribution in [2.45, 2.75) is 38.7 Å². The molecule has 0 spiro atoms. The molecule has 1 aliphatic carbocycles. The van der Waals surface area contributed by atoms with Gasteiger partial charge in [-0.3, -0.25) is 4.79 Å². The fourth-order valence-electron chi connectivity index (χ4n) is 4.47. The van der Waals surface area contributed by atoms with E-state index in [-0.39, 0.29) is 18.2 Å². The first kappa shape index (κ1) is 22.6. The number of dihydropyridines is 1. The van der Waals surface area contributed by atoms with Gasteiger partial charge in [0.15, 0.2) is 17.3 Å². The van der Waals surface area contributed by atoms with Gasteiger partial charge in [0.05, 0.1) is 19.8 Å². The normalized spacial score (nSPS) is 17.9. The lowest BCUT2D eigenvalue weighted by Crippen LogP contribution is -2.34. The molecule has 4 rings (SSSR count). The van der Waals surface area contributed by atoms with Gasteiger partial charge < -0.3 is 19.5 Å². The standard InChI is InChI=1S/C26H26FNO5/c1-15-23(26(30)32-3)24(25-19(28-15)8-5-9-20(25)29)17-10-11-21(22(13-17)31-2)33-14-16-6-4-7-18(27)12-16/h4,6-7,10-13,24,28H,5,8-9,14H2,1-3H3/t24-/m0/s1. The predicted octanol–water partition coefficient (Wildman–Crippen LogP) is 4.55. The minimum Gasteiger partial charge on any atom is -0.493 e. The first-order valence-corrected chi connectivity index (χ1v) is 10.8. The van der Waals surface area contributed by atoms with Gasteiger partial charge in [0.2, 0.25) is 0 Å². The molecular weight excluding hydrogens is 425 g/mol. The summed E-state index contributed by atoms with van der Waals surface area (Å²) >= 11 is 0. The molecule has 0 fully saturated rings. The van der Waals surface area contributed by atoms with E-state index in [1.54, 1.807) is 24.3 Å². The molecule has 0 bridgehead atoms. The van der Waals surface area contributed by atoms with Gasteiger partial charge in [-0.2, -0.15) is 0 Å². The Labute approximate surface area is 192 Å². The van der Waals surface area contributed by atoms with Crippen molar-refractivity contribution in [1.29, 1.82) is 0 Å². The van der Waals surface area contributed by atoms with Crippen LogP contribution in [0, 0.1) is 5.82 Å². The molecule has 0 amide bonds. The van der Waals surface area contributed by atoms with Crippen LogP contribution in [0.1, 0.15) is 43.2 Å². The molecule has 2 aliphatic rings. The Bertz CT molecular complexity index is 1170. The maximum atomic E-state index is 13.5. The number of halogens is 1. The van der Waals surface area contributed by atoms with Crippen molar-refractivity contribution in [3.8, 4) is 11.5 Å². The topological polar surface area (TPSA) is 73.9 Å². The number of ether oxygens (including phenoxy) is 3. The van der Waals surface area contributed by atoms with Crippen molar-refractivity contribution >= 4 is 11.8 Å². The predicted molar refractivity (Wildman–Crippen MR) is 120 cm³/mol. The molecule has 2 aromatic rings. The summed E-state index contributed by atoms with van der Waals surface area (Å²) in [6.07, 6.45) is 1.96. The molecule has 0 aromatic heterocycles. The zero-order valence-electron chi connectivity index (χ0n) is 18.9. The number of hydrogen-bond donors (Lipinski definition) is 1. The Morgan fingerprint density at radius 3 is 2.67 bits per heavy atom. The van der Waals surface area contributed by atoms with E-state index in [1.165, 1.54) is 26.4 Å². The van der Waals surface area contributed by atoms with Crippen molar-refractivity contribution in [2.75, 3.05) is 14.2 Å². The van der Waals surface area contributed by atoms with Crippen LogP contribution in [0.25, 0.3) is 0 Å². The lowest BCUT2D eigenvalue weighted by molar-refractivity contribution is -0.136. The van der Waals surface area contributed by atoms with Crippen molar-refractivity contribution in [3.05, 3.63) is 81.9 Å². The van der Waals surface area contributed by atoms with Crippen LogP contribution in [-0.2, 0) is 20.9 Å². The van der Waals surface area contributed by atoms with Crippen LogP contribution < -0.4 is 14.8 Å². The van der Waals surface area contributed by atoms with E-state index >= 15 is 0 Å². The minimum absolute atomic E-state index is 0.0213. The highest BCUT2D eigenvalue weighted by molar-refractivity contribution is 6.03. The zero-order valence-corrected chi connectivity index (χ0v) is 18.9. The third kappa shape index (κ3) is 4.49. The second-order valence-electron chi connectivity index (χ2n) is 8.09. The third-order valence-corrected chi connectivity index (χ3v) is 5.99. The Kier molecular flexibility index (Phi) is 6.49. The molecule has 33 heavy (non-hydrogen) atoms. The van der Waals surface area contributed by atoms with Gasteiger partial charge >= 0.3 is 5.97 Å². The molecule has 1 aliphatic heterocycles. The number of esters is 1. The first-order valence-electron chi connectivity index (χ1n) is 10.8. The average Bonchev–Trinajstić information content (AvgIpc) is 2.81. The fraction of sp³-hybridized carbons (Fsp3) is 0.308. The van der Waals surface area contributed by atoms with Crippen molar-refractivity contribution < 1.29 is 28.2 Å². The van der Waals surface area contributed by atoms with E-state index in [4.69, 9.17) is 14.2 Å². The van der Waals surface area contributed by atoms with Gasteiger partial charge in [0.25, 0.3) is 0 Å². The fourth-order valence-corrected chi connectivity index (χ4v) is 4.47. The van der Waals surface area contributed by atoms with Gasteiger partial charge in [-0.05, 0) is 55.2 Å². The van der Waals surface area contributed by atoms with Crippen LogP contribution in [0.15, 0.2) is 65.0 Å². The molecule has 0 saturated heterocycles. The highest BCUT2D eigenvalue weighted by atomic mass is 19.1. The van der Waals surface area contributed by atoms with E-state index < -0.39 is 11.9 Å². The number of Topliss-reactive ketones (excluding diaryl/α,β-unsaturated/α-hetero) is 1. The smallest absolute Gasteiger partial charge is 0.336 e. The maximum absolute atomic E-state index is 13.5. The number of methoxy groups -OCH3 is 2. The molecule has 0 unspecified atom stereocenters. The number of carbonyl (C=O) groups is 2. The van der Waals surface area contributed by atoms with Crippen LogP contribution in [0.5, 0.6) is 11.5 Å². The van der Waals surface area contributed by atoms with E-state index in [0.717, 1.165) is 24.1 Å². The van der Waals surface area contributed by atoms with E-state index in [0.29, 0.717) is 40.3 Å². The van der Waals surface area contributed by atoms with Gasteiger partial charge in [0.1, 0.15) is 12.4 Å². The summed E-state index contributed by atoms with van der Waals surface area (Å²) < 4.78 is 29.9. The summed E-state index contributed by atoms with van der Waals surface area (Å²) in [6.45, 7) is 1.98. The summed E-state index contributed by atoms with van der Waals surface area (Å²) in [6, 6.07) is 11.5. The molecule has 172 valence electrons. The number of benzene rings is 2. The highest BCUT2D eigenvalue weighted by Crippen LogP contribution is 2.44. The summed E-state index contributed by atoms with van der Waals surface area (Å²) in [5.74, 6) is -0.428. The number of hydrogen-bond acceptors (Lipinski definition) is 6. The quantitative estimate of drug-likeness (QED) is 0.650. The van der Waals surface area contributed by atoms with Crippen LogP contribution in [-0.4, -0.2) is 26.0 Å². The van der Waals surface area contributed by atoms with E-state index in [1.807, 2.05) is 13.0 Å². The van der Waals surface area contributed by atoms with Crippen molar-refractivity contribution in [2.24, 2.45) is 0 Å². The van der Waals surface area contributed by atoms with Crippen LogP contribution >= 0.6 is 0 Å². The van der Waals surface area contributed by atoms with Crippen LogP contribution in [0.3, 0.4) is 0 Å². The second kappa shape index (κ2) is 9.48. The molecule has 1 heterocycles. The number of allylic oxidation sites excluding steroid dienone is 3. The summed E-state index contributed by atoms with van der Waals surface area (Å²) in [5, 5.41) is 3.25. The molecule has 7 heteroatoms. The molecular formula is C26H26FNO5. The maximum Gasteiger partial charge on any atom is 0.336 e. The number of rotatable bonds is 6. The Hall–Kier alpha value is -3.61. The largest absolute Gasteiger partial charge is 0.493 e. The zero-order chi connectivity index (χ0) is 23.5. The summed E-state index contributed by atoms with van der Waals surface area (Å²) in [7, 11) is 2.85. The lowest BCUT2D eigenvalue weighted by Gasteiger charge is -2.34. The monoisotopic (exact) mass is 451 g/mol. The van der Waals surface area contributed by atoms with E-state index in [9.17, 15) is 14.0 Å². The SMILES string of the molecule is COC(=O)C1=C(C)NC2=C(C(=O)CCC2)[C@H]1c1ccc(OCc2cccc(F)c2)c(OC)c1. The highest BCUT2D eigenvalue weighted by Gasteiger charge is 2.39. The molecule has 6 nitrogen and oxygen atoms in total. The summed E-state index contributed by atoms with van der Waals surface area (Å²) in [4.78, 5) is 25.6.